The highest BCUT2D eigenvalue weighted by Crippen LogP contribution is 2.35. The number of Topliss-reactive ketones (excluding diaryl/α,β-unsaturated/α-hetero) is 1. The number of piperidine rings is 1. The molecule has 0 aromatic carbocycles. The van der Waals surface area contributed by atoms with Crippen LogP contribution in [0, 0.1) is 5.92 Å². The Hall–Kier alpha value is -0.860. The quantitative estimate of drug-likeness (QED) is 0.549. The highest BCUT2D eigenvalue weighted by molar-refractivity contribution is 6.00. The maximum atomic E-state index is 11.0. The van der Waals surface area contributed by atoms with Crippen LogP contribution in [0.5, 0.6) is 0 Å². The third-order valence-electron chi connectivity index (χ3n) is 2.34. The molecular formula is C8H11NO2. The number of carbonyl (C=O) groups excluding carboxylic acids is 2. The largest absolute Gasteiger partial charge is 0.352 e. The molecule has 1 atom stereocenters. The predicted molar refractivity (Wildman–Crippen MR) is 38.9 cm³/mol. The maximum Gasteiger partial charge on any atom is 0.227 e. The molecule has 0 spiro atoms. The molecule has 0 aromatic rings. The van der Waals surface area contributed by atoms with Crippen molar-refractivity contribution in [2.75, 3.05) is 0 Å². The van der Waals surface area contributed by atoms with Gasteiger partial charge in [-0.25, -0.2) is 0 Å². The summed E-state index contributed by atoms with van der Waals surface area (Å²) in [5.74, 6) is 0.618. The Balaban J connectivity index is 1.99. The SMILES string of the molecule is O=C1CC(=O)NC(C2CC2)C1. The zero-order valence-corrected chi connectivity index (χ0v) is 6.30. The second kappa shape index (κ2) is 2.32. The van der Waals surface area contributed by atoms with Gasteiger partial charge in [0, 0.05) is 12.5 Å². The molecule has 60 valence electrons. The Morgan fingerprint density at radius 3 is 2.55 bits per heavy atom. The number of rotatable bonds is 1. The number of nitrogens with one attached hydrogen (secondary N) is 1. The normalized spacial score (nSPS) is 31.8. The number of hydrogen-bond donors (Lipinski definition) is 1. The Kier molecular flexibility index (Phi) is 1.44. The van der Waals surface area contributed by atoms with Crippen molar-refractivity contribution in [2.24, 2.45) is 5.92 Å². The summed E-state index contributed by atoms with van der Waals surface area (Å²) >= 11 is 0. The molecule has 2 rings (SSSR count). The summed E-state index contributed by atoms with van der Waals surface area (Å²) in [7, 11) is 0. The molecule has 1 heterocycles. The van der Waals surface area contributed by atoms with Gasteiger partial charge in [-0.15, -0.1) is 0 Å². The molecule has 1 aliphatic carbocycles. The summed E-state index contributed by atoms with van der Waals surface area (Å²) in [5.41, 5.74) is 0. The molecule has 1 saturated heterocycles. The van der Waals surface area contributed by atoms with E-state index < -0.39 is 0 Å². The van der Waals surface area contributed by atoms with E-state index in [-0.39, 0.29) is 24.2 Å². The highest BCUT2D eigenvalue weighted by Gasteiger charge is 2.36. The van der Waals surface area contributed by atoms with Crippen LogP contribution in [0.3, 0.4) is 0 Å². The first-order valence-electron chi connectivity index (χ1n) is 4.07. The Bertz CT molecular complexity index is 192. The van der Waals surface area contributed by atoms with Gasteiger partial charge in [0.25, 0.3) is 0 Å². The van der Waals surface area contributed by atoms with Crippen molar-refractivity contribution in [3.8, 4) is 0 Å². The lowest BCUT2D eigenvalue weighted by atomic mass is 9.99. The van der Waals surface area contributed by atoms with Crippen molar-refractivity contribution < 1.29 is 9.59 Å². The third-order valence-corrected chi connectivity index (χ3v) is 2.34. The van der Waals surface area contributed by atoms with Gasteiger partial charge in [0.2, 0.25) is 5.91 Å². The van der Waals surface area contributed by atoms with E-state index in [4.69, 9.17) is 0 Å². The van der Waals surface area contributed by atoms with Crippen molar-refractivity contribution >= 4 is 11.7 Å². The van der Waals surface area contributed by atoms with E-state index in [1.165, 1.54) is 12.8 Å². The van der Waals surface area contributed by atoms with E-state index >= 15 is 0 Å². The van der Waals surface area contributed by atoms with E-state index in [0.29, 0.717) is 12.3 Å². The van der Waals surface area contributed by atoms with Crippen molar-refractivity contribution in [3.05, 3.63) is 0 Å². The monoisotopic (exact) mass is 153 g/mol. The number of ketones is 1. The van der Waals surface area contributed by atoms with E-state index in [1.54, 1.807) is 0 Å². The van der Waals surface area contributed by atoms with Gasteiger partial charge in [-0.1, -0.05) is 0 Å². The number of carbonyl (C=O) groups is 2. The first kappa shape index (κ1) is 6.83. The van der Waals surface area contributed by atoms with Gasteiger partial charge in [-0.2, -0.15) is 0 Å². The average Bonchev–Trinajstić information content (AvgIpc) is 2.64. The molecule has 0 bridgehead atoms. The smallest absolute Gasteiger partial charge is 0.227 e. The summed E-state index contributed by atoms with van der Waals surface area (Å²) < 4.78 is 0. The molecule has 0 aromatic heterocycles. The Morgan fingerprint density at radius 2 is 2.00 bits per heavy atom. The van der Waals surface area contributed by atoms with Crippen molar-refractivity contribution in [2.45, 2.75) is 31.7 Å². The van der Waals surface area contributed by atoms with Gasteiger partial charge in [0.15, 0.2) is 0 Å². The van der Waals surface area contributed by atoms with Crippen LogP contribution in [0.1, 0.15) is 25.7 Å². The number of amides is 1. The van der Waals surface area contributed by atoms with Crippen LogP contribution < -0.4 is 5.32 Å². The Labute approximate surface area is 65.2 Å². The fourth-order valence-corrected chi connectivity index (χ4v) is 1.59. The summed E-state index contributed by atoms with van der Waals surface area (Å²) in [6.07, 6.45) is 3.02. The van der Waals surface area contributed by atoms with Gasteiger partial charge < -0.3 is 5.32 Å². The van der Waals surface area contributed by atoms with Crippen LogP contribution in [-0.4, -0.2) is 17.7 Å². The molecule has 2 fully saturated rings. The summed E-state index contributed by atoms with van der Waals surface area (Å²) in [6.45, 7) is 0. The minimum absolute atomic E-state index is 0.0850. The highest BCUT2D eigenvalue weighted by atomic mass is 16.2. The van der Waals surface area contributed by atoms with E-state index in [9.17, 15) is 9.59 Å². The Morgan fingerprint density at radius 1 is 1.27 bits per heavy atom. The third kappa shape index (κ3) is 1.42. The predicted octanol–water partition coefficient (Wildman–Crippen LogP) is 0.244. The molecule has 3 heteroatoms. The lowest BCUT2D eigenvalue weighted by molar-refractivity contribution is -0.132. The van der Waals surface area contributed by atoms with Crippen LogP contribution in [0.15, 0.2) is 0 Å². The van der Waals surface area contributed by atoms with Gasteiger partial charge in [-0.05, 0) is 18.8 Å². The van der Waals surface area contributed by atoms with Crippen LogP contribution in [0.2, 0.25) is 0 Å². The molecule has 0 radical (unpaired) electrons. The fourth-order valence-electron chi connectivity index (χ4n) is 1.59. The fraction of sp³-hybridized carbons (Fsp3) is 0.750. The van der Waals surface area contributed by atoms with Crippen LogP contribution in [0.4, 0.5) is 0 Å². The van der Waals surface area contributed by atoms with Crippen LogP contribution >= 0.6 is 0 Å². The molecule has 11 heavy (non-hydrogen) atoms. The van der Waals surface area contributed by atoms with Crippen molar-refractivity contribution in [1.29, 1.82) is 0 Å². The summed E-state index contributed by atoms with van der Waals surface area (Å²) in [4.78, 5) is 21.8. The van der Waals surface area contributed by atoms with E-state index in [1.807, 2.05) is 0 Å². The maximum absolute atomic E-state index is 11.0. The van der Waals surface area contributed by atoms with Crippen LogP contribution in [-0.2, 0) is 9.59 Å². The minimum atomic E-state index is -0.0850. The second-order valence-corrected chi connectivity index (χ2v) is 3.43. The lowest BCUT2D eigenvalue weighted by Crippen LogP contribution is -2.43. The minimum Gasteiger partial charge on any atom is -0.352 e. The topological polar surface area (TPSA) is 46.2 Å². The van der Waals surface area contributed by atoms with Gasteiger partial charge >= 0.3 is 0 Å². The molecule has 3 nitrogen and oxygen atoms in total. The molecule has 1 N–H and O–H groups in total. The van der Waals surface area contributed by atoms with Crippen LogP contribution in [0.25, 0.3) is 0 Å². The molecule has 1 unspecified atom stereocenters. The first-order chi connectivity index (χ1) is 5.25. The molecule has 1 aliphatic heterocycles. The second-order valence-electron chi connectivity index (χ2n) is 3.43. The van der Waals surface area contributed by atoms with E-state index in [0.717, 1.165) is 0 Å². The first-order valence-corrected chi connectivity index (χ1v) is 4.07. The molecule has 1 amide bonds. The number of hydrogen-bond acceptors (Lipinski definition) is 2. The average molecular weight is 153 g/mol. The van der Waals surface area contributed by atoms with Gasteiger partial charge in [-0.3, -0.25) is 9.59 Å². The van der Waals surface area contributed by atoms with E-state index in [2.05, 4.69) is 5.32 Å². The zero-order valence-electron chi connectivity index (χ0n) is 6.30. The van der Waals surface area contributed by atoms with Crippen molar-refractivity contribution in [1.82, 2.24) is 5.32 Å². The summed E-state index contributed by atoms with van der Waals surface area (Å²) in [6, 6.07) is 0.170. The zero-order chi connectivity index (χ0) is 7.84. The summed E-state index contributed by atoms with van der Waals surface area (Å²) in [5, 5.41) is 2.85. The van der Waals surface area contributed by atoms with Gasteiger partial charge in [0.05, 0.1) is 6.42 Å². The van der Waals surface area contributed by atoms with Crippen molar-refractivity contribution in [3.63, 3.8) is 0 Å². The molecular weight excluding hydrogens is 142 g/mol. The van der Waals surface area contributed by atoms with Gasteiger partial charge in [0.1, 0.15) is 5.78 Å². The standard InChI is InChI=1S/C8H11NO2/c10-6-3-7(5-1-2-5)9-8(11)4-6/h5,7H,1-4H2,(H,9,11). The molecule has 2 aliphatic rings. The lowest BCUT2D eigenvalue weighted by Gasteiger charge is -2.21. The molecule has 1 saturated carbocycles.